The molecule has 1 aliphatic heterocycles. The molecule has 4 heteroatoms. The first-order valence-electron chi connectivity index (χ1n) is 8.10. The van der Waals surface area contributed by atoms with Crippen LogP contribution in [0.5, 0.6) is 0 Å². The van der Waals surface area contributed by atoms with E-state index in [4.69, 9.17) is 4.74 Å². The van der Waals surface area contributed by atoms with Gasteiger partial charge in [0.05, 0.1) is 18.9 Å². The van der Waals surface area contributed by atoms with Crippen molar-refractivity contribution in [2.45, 2.75) is 25.3 Å². The van der Waals surface area contributed by atoms with E-state index in [0.29, 0.717) is 5.92 Å². The van der Waals surface area contributed by atoms with Crippen LogP contribution < -0.4 is 0 Å². The van der Waals surface area contributed by atoms with Crippen molar-refractivity contribution in [3.63, 3.8) is 0 Å². The first-order chi connectivity index (χ1) is 10.9. The Hall–Kier alpha value is -1.78. The number of hydrogen-bond donors (Lipinski definition) is 0. The van der Waals surface area contributed by atoms with Crippen molar-refractivity contribution >= 4 is 0 Å². The average molecular weight is 295 g/mol. The van der Waals surface area contributed by atoms with Gasteiger partial charge in [0.1, 0.15) is 6.33 Å². The topological polar surface area (TPSA) is 38.2 Å². The summed E-state index contributed by atoms with van der Waals surface area (Å²) >= 11 is 0. The van der Waals surface area contributed by atoms with E-state index >= 15 is 0 Å². The van der Waals surface area contributed by atoms with E-state index in [1.165, 1.54) is 29.7 Å². The summed E-state index contributed by atoms with van der Waals surface area (Å²) in [4.78, 5) is 11.3. The number of nitrogens with zero attached hydrogens (tertiary/aromatic N) is 3. The minimum absolute atomic E-state index is 0.665. The van der Waals surface area contributed by atoms with E-state index in [2.05, 4.69) is 45.2 Å². The highest BCUT2D eigenvalue weighted by Crippen LogP contribution is 2.39. The molecule has 1 aliphatic carbocycles. The summed E-state index contributed by atoms with van der Waals surface area (Å²) in [5.41, 5.74) is 4.77. The van der Waals surface area contributed by atoms with Gasteiger partial charge in [-0.25, -0.2) is 9.97 Å². The molecule has 4 nitrogen and oxygen atoms in total. The smallest absolute Gasteiger partial charge is 0.116 e. The molecular weight excluding hydrogens is 274 g/mol. The molecule has 0 N–H and O–H groups in total. The first-order valence-corrected chi connectivity index (χ1v) is 8.10. The van der Waals surface area contributed by atoms with Crippen LogP contribution in [-0.2, 0) is 11.3 Å². The Morgan fingerprint density at radius 1 is 1.09 bits per heavy atom. The Labute approximate surface area is 131 Å². The number of rotatable bonds is 4. The van der Waals surface area contributed by atoms with Crippen LogP contribution in [0.25, 0.3) is 11.3 Å². The van der Waals surface area contributed by atoms with E-state index < -0.39 is 0 Å². The largest absolute Gasteiger partial charge is 0.379 e. The van der Waals surface area contributed by atoms with Crippen LogP contribution in [0, 0.1) is 0 Å². The minimum atomic E-state index is 0.665. The maximum atomic E-state index is 5.41. The molecule has 1 aromatic carbocycles. The standard InChI is InChI=1S/C18H21N3O/c1-2-14(12-21-6-8-22-9-7-21)10-16(3-1)18-11-17(15-4-5-15)19-13-20-18/h1-3,10-11,13,15H,4-9,12H2. The van der Waals surface area contributed by atoms with Crippen molar-refractivity contribution in [2.75, 3.05) is 26.3 Å². The van der Waals surface area contributed by atoms with E-state index in [1.54, 1.807) is 6.33 Å². The Balaban J connectivity index is 1.54. The zero-order valence-corrected chi connectivity index (χ0v) is 12.7. The number of morpholine rings is 1. The molecule has 1 aromatic heterocycles. The third kappa shape index (κ3) is 3.18. The Kier molecular flexibility index (Phi) is 3.87. The third-order valence-corrected chi connectivity index (χ3v) is 4.42. The highest BCUT2D eigenvalue weighted by atomic mass is 16.5. The van der Waals surface area contributed by atoms with Gasteiger partial charge < -0.3 is 4.74 Å². The lowest BCUT2D eigenvalue weighted by Crippen LogP contribution is -2.35. The van der Waals surface area contributed by atoms with Crippen molar-refractivity contribution < 1.29 is 4.74 Å². The van der Waals surface area contributed by atoms with Gasteiger partial charge >= 0.3 is 0 Å². The molecule has 2 aromatic rings. The Morgan fingerprint density at radius 3 is 2.77 bits per heavy atom. The molecule has 1 saturated carbocycles. The van der Waals surface area contributed by atoms with Gasteiger partial charge in [-0.1, -0.05) is 18.2 Å². The Bertz CT molecular complexity index is 648. The summed E-state index contributed by atoms with van der Waals surface area (Å²) in [6.07, 6.45) is 4.25. The van der Waals surface area contributed by atoms with E-state index in [1.807, 2.05) is 0 Å². The molecule has 1 saturated heterocycles. The van der Waals surface area contributed by atoms with Crippen LogP contribution in [0.3, 0.4) is 0 Å². The fraction of sp³-hybridized carbons (Fsp3) is 0.444. The first kappa shape index (κ1) is 13.9. The highest BCUT2D eigenvalue weighted by Gasteiger charge is 2.25. The van der Waals surface area contributed by atoms with E-state index in [0.717, 1.165) is 38.5 Å². The van der Waals surface area contributed by atoms with Gasteiger partial charge in [-0.05, 0) is 30.5 Å². The molecule has 2 aliphatic rings. The zero-order chi connectivity index (χ0) is 14.8. The van der Waals surface area contributed by atoms with Gasteiger partial charge in [0.2, 0.25) is 0 Å². The van der Waals surface area contributed by atoms with Crippen LogP contribution in [-0.4, -0.2) is 41.2 Å². The van der Waals surface area contributed by atoms with Crippen molar-refractivity contribution in [2.24, 2.45) is 0 Å². The molecule has 0 radical (unpaired) electrons. The molecule has 2 heterocycles. The molecule has 22 heavy (non-hydrogen) atoms. The highest BCUT2D eigenvalue weighted by molar-refractivity contribution is 5.60. The lowest BCUT2D eigenvalue weighted by Gasteiger charge is -2.26. The predicted octanol–water partition coefficient (Wildman–Crippen LogP) is 2.85. The number of ether oxygens (including phenoxy) is 1. The predicted molar refractivity (Wildman–Crippen MR) is 85.5 cm³/mol. The van der Waals surface area contributed by atoms with Crippen LogP contribution in [0.15, 0.2) is 36.7 Å². The second-order valence-electron chi connectivity index (χ2n) is 6.19. The fourth-order valence-corrected chi connectivity index (χ4v) is 2.98. The lowest BCUT2D eigenvalue weighted by molar-refractivity contribution is 0.0342. The monoisotopic (exact) mass is 295 g/mol. The lowest BCUT2D eigenvalue weighted by atomic mass is 10.1. The van der Waals surface area contributed by atoms with Gasteiger partial charge in [-0.3, -0.25) is 4.90 Å². The van der Waals surface area contributed by atoms with Gasteiger partial charge in [0.25, 0.3) is 0 Å². The van der Waals surface area contributed by atoms with Gasteiger partial charge in [0.15, 0.2) is 0 Å². The summed E-state index contributed by atoms with van der Waals surface area (Å²) in [6, 6.07) is 10.9. The van der Waals surface area contributed by atoms with Gasteiger partial charge in [-0.15, -0.1) is 0 Å². The SMILES string of the molecule is c1cc(CN2CCOCC2)cc(-c2cc(C3CC3)ncn2)c1. The van der Waals surface area contributed by atoms with Crippen molar-refractivity contribution in [1.29, 1.82) is 0 Å². The van der Waals surface area contributed by atoms with Crippen LogP contribution in [0.2, 0.25) is 0 Å². The van der Waals surface area contributed by atoms with Crippen LogP contribution in [0.1, 0.15) is 30.0 Å². The molecule has 0 bridgehead atoms. The number of hydrogen-bond acceptors (Lipinski definition) is 4. The maximum absolute atomic E-state index is 5.41. The number of aromatic nitrogens is 2. The molecule has 114 valence electrons. The summed E-state index contributed by atoms with van der Waals surface area (Å²) in [5.74, 6) is 0.665. The van der Waals surface area contributed by atoms with Crippen LogP contribution >= 0.6 is 0 Å². The molecule has 0 spiro atoms. The van der Waals surface area contributed by atoms with Crippen molar-refractivity contribution in [3.8, 4) is 11.3 Å². The molecular formula is C18H21N3O. The maximum Gasteiger partial charge on any atom is 0.116 e. The summed E-state index contributed by atoms with van der Waals surface area (Å²) in [5, 5.41) is 0. The fourth-order valence-electron chi connectivity index (χ4n) is 2.98. The summed E-state index contributed by atoms with van der Waals surface area (Å²) in [6.45, 7) is 4.71. The second-order valence-corrected chi connectivity index (χ2v) is 6.19. The third-order valence-electron chi connectivity index (χ3n) is 4.42. The quantitative estimate of drug-likeness (QED) is 0.869. The normalized spacial score (nSPS) is 19.3. The van der Waals surface area contributed by atoms with Gasteiger partial charge in [0, 0.05) is 36.8 Å². The van der Waals surface area contributed by atoms with Crippen LogP contribution in [0.4, 0.5) is 0 Å². The van der Waals surface area contributed by atoms with Crippen molar-refractivity contribution in [1.82, 2.24) is 14.9 Å². The molecule has 4 rings (SSSR count). The molecule has 0 unspecified atom stereocenters. The Morgan fingerprint density at radius 2 is 1.95 bits per heavy atom. The summed E-state index contributed by atoms with van der Waals surface area (Å²) < 4.78 is 5.41. The summed E-state index contributed by atoms with van der Waals surface area (Å²) in [7, 11) is 0. The van der Waals surface area contributed by atoms with Gasteiger partial charge in [-0.2, -0.15) is 0 Å². The number of benzene rings is 1. The molecule has 2 fully saturated rings. The van der Waals surface area contributed by atoms with Crippen molar-refractivity contribution in [3.05, 3.63) is 47.9 Å². The zero-order valence-electron chi connectivity index (χ0n) is 12.7. The van der Waals surface area contributed by atoms with E-state index in [9.17, 15) is 0 Å². The average Bonchev–Trinajstić information content (AvgIpc) is 3.41. The molecule has 0 amide bonds. The minimum Gasteiger partial charge on any atom is -0.379 e. The van der Waals surface area contributed by atoms with E-state index in [-0.39, 0.29) is 0 Å². The second kappa shape index (κ2) is 6.15. The molecule has 0 atom stereocenters.